The normalized spacial score (nSPS) is 14.8. The van der Waals surface area contributed by atoms with Gasteiger partial charge in [0.05, 0.1) is 7.11 Å². The summed E-state index contributed by atoms with van der Waals surface area (Å²) in [5.41, 5.74) is 2.40. The molecule has 4 nitrogen and oxygen atoms in total. The van der Waals surface area contributed by atoms with Crippen molar-refractivity contribution in [1.82, 2.24) is 4.90 Å². The number of hydrogen-bond acceptors (Lipinski definition) is 4. The van der Waals surface area contributed by atoms with Crippen LogP contribution in [0.15, 0.2) is 35.4 Å². The molecule has 0 aliphatic carbocycles. The van der Waals surface area contributed by atoms with Crippen molar-refractivity contribution in [1.29, 1.82) is 10.5 Å². The monoisotopic (exact) mass is 253 g/mol. The van der Waals surface area contributed by atoms with E-state index in [4.69, 9.17) is 15.3 Å². The third-order valence-corrected chi connectivity index (χ3v) is 3.26. The third-order valence-electron chi connectivity index (χ3n) is 3.26. The molecule has 0 saturated carbocycles. The first kappa shape index (κ1) is 13.1. The second-order valence-electron chi connectivity index (χ2n) is 4.51. The summed E-state index contributed by atoms with van der Waals surface area (Å²) in [6.07, 6.45) is 0.806. The summed E-state index contributed by atoms with van der Waals surface area (Å²) in [4.78, 5) is 2.23. The van der Waals surface area contributed by atoms with Crippen LogP contribution in [0.5, 0.6) is 5.75 Å². The van der Waals surface area contributed by atoms with Crippen LogP contribution in [0.25, 0.3) is 0 Å². The van der Waals surface area contributed by atoms with Gasteiger partial charge < -0.3 is 4.74 Å². The summed E-state index contributed by atoms with van der Waals surface area (Å²) in [6, 6.07) is 11.9. The van der Waals surface area contributed by atoms with Crippen molar-refractivity contribution < 1.29 is 4.74 Å². The van der Waals surface area contributed by atoms with E-state index < -0.39 is 0 Å². The number of nitrogens with zero attached hydrogens (tertiary/aromatic N) is 3. The Kier molecular flexibility index (Phi) is 4.18. The van der Waals surface area contributed by atoms with Gasteiger partial charge in [-0.05, 0) is 29.7 Å². The Morgan fingerprint density at radius 3 is 2.84 bits per heavy atom. The van der Waals surface area contributed by atoms with Crippen molar-refractivity contribution in [2.45, 2.75) is 13.0 Å². The largest absolute Gasteiger partial charge is 0.497 e. The lowest BCUT2D eigenvalue weighted by Crippen LogP contribution is -2.18. The van der Waals surface area contributed by atoms with Crippen molar-refractivity contribution in [3.63, 3.8) is 0 Å². The number of ether oxygens (including phenoxy) is 1. The summed E-state index contributed by atoms with van der Waals surface area (Å²) in [5, 5.41) is 17.7. The van der Waals surface area contributed by atoms with Crippen molar-refractivity contribution in [3.05, 3.63) is 41.0 Å². The molecule has 0 spiro atoms. The van der Waals surface area contributed by atoms with Gasteiger partial charge in [-0.15, -0.1) is 0 Å². The Morgan fingerprint density at radius 2 is 2.16 bits per heavy atom. The van der Waals surface area contributed by atoms with Gasteiger partial charge in [0.2, 0.25) is 0 Å². The number of nitriles is 2. The average Bonchev–Trinajstić information content (AvgIpc) is 2.89. The topological polar surface area (TPSA) is 60.0 Å². The summed E-state index contributed by atoms with van der Waals surface area (Å²) >= 11 is 0. The van der Waals surface area contributed by atoms with E-state index in [1.165, 1.54) is 5.56 Å². The molecule has 1 aliphatic rings. The number of allylic oxidation sites excluding steroid dienone is 1. The van der Waals surface area contributed by atoms with Gasteiger partial charge >= 0.3 is 0 Å². The second-order valence-corrected chi connectivity index (χ2v) is 4.51. The molecule has 1 aliphatic heterocycles. The van der Waals surface area contributed by atoms with Crippen LogP contribution in [0.1, 0.15) is 12.0 Å². The molecule has 1 heterocycles. The Bertz CT molecular complexity index is 562. The van der Waals surface area contributed by atoms with Gasteiger partial charge in [-0.1, -0.05) is 12.1 Å². The molecule has 0 amide bonds. The first-order valence-electron chi connectivity index (χ1n) is 6.14. The third kappa shape index (κ3) is 3.13. The predicted octanol–water partition coefficient (Wildman–Crippen LogP) is 2.24. The van der Waals surface area contributed by atoms with Crippen molar-refractivity contribution in [2.24, 2.45) is 0 Å². The van der Waals surface area contributed by atoms with E-state index in [0.717, 1.165) is 30.8 Å². The molecule has 1 aromatic rings. The van der Waals surface area contributed by atoms with Gasteiger partial charge in [-0.2, -0.15) is 10.5 Å². The van der Waals surface area contributed by atoms with Crippen molar-refractivity contribution >= 4 is 0 Å². The minimum absolute atomic E-state index is 0.271. The lowest BCUT2D eigenvalue weighted by molar-refractivity contribution is 0.336. The Morgan fingerprint density at radius 1 is 1.37 bits per heavy atom. The number of methoxy groups -OCH3 is 1. The predicted molar refractivity (Wildman–Crippen MR) is 71.1 cm³/mol. The zero-order valence-corrected chi connectivity index (χ0v) is 10.9. The fourth-order valence-corrected chi connectivity index (χ4v) is 2.27. The van der Waals surface area contributed by atoms with E-state index >= 15 is 0 Å². The maximum absolute atomic E-state index is 8.87. The molecule has 0 unspecified atom stereocenters. The molecule has 4 heteroatoms. The zero-order chi connectivity index (χ0) is 13.7. The quantitative estimate of drug-likeness (QED) is 0.775. The molecule has 0 radical (unpaired) electrons. The number of benzene rings is 1. The van der Waals surface area contributed by atoms with Crippen LogP contribution >= 0.6 is 0 Å². The highest BCUT2D eigenvalue weighted by Crippen LogP contribution is 2.22. The van der Waals surface area contributed by atoms with Crippen LogP contribution in [0.3, 0.4) is 0 Å². The van der Waals surface area contributed by atoms with E-state index in [2.05, 4.69) is 11.0 Å². The Labute approximate surface area is 113 Å². The highest BCUT2D eigenvalue weighted by Gasteiger charge is 2.20. The van der Waals surface area contributed by atoms with Gasteiger partial charge in [0.1, 0.15) is 23.5 Å². The van der Waals surface area contributed by atoms with Crippen LogP contribution < -0.4 is 4.74 Å². The van der Waals surface area contributed by atoms with Gasteiger partial charge in [0.25, 0.3) is 0 Å². The summed E-state index contributed by atoms with van der Waals surface area (Å²) in [5.74, 6) is 0.849. The molecule has 1 saturated heterocycles. The molecule has 0 bridgehead atoms. The molecule has 0 N–H and O–H groups in total. The molecular weight excluding hydrogens is 238 g/mol. The lowest BCUT2D eigenvalue weighted by atomic mass is 10.1. The maximum atomic E-state index is 8.87. The summed E-state index contributed by atoms with van der Waals surface area (Å²) < 4.78 is 5.20. The number of rotatable bonds is 3. The molecule has 0 aromatic heterocycles. The van der Waals surface area contributed by atoms with Crippen LogP contribution in [0.4, 0.5) is 0 Å². The van der Waals surface area contributed by atoms with E-state index in [1.807, 2.05) is 30.3 Å². The van der Waals surface area contributed by atoms with Gasteiger partial charge in [-0.25, -0.2) is 0 Å². The zero-order valence-electron chi connectivity index (χ0n) is 10.9. The first-order valence-corrected chi connectivity index (χ1v) is 6.14. The highest BCUT2D eigenvalue weighted by molar-refractivity contribution is 5.42. The standard InChI is InChI=1S/C15H15N3O/c1-19-15-4-2-3-12(7-15)10-18-6-5-13(11-18)14(8-16)9-17/h2-4,7H,5-6,10-11H2,1H3. The fourth-order valence-electron chi connectivity index (χ4n) is 2.27. The summed E-state index contributed by atoms with van der Waals surface area (Å²) in [7, 11) is 1.65. The molecule has 1 fully saturated rings. The van der Waals surface area contributed by atoms with Crippen molar-refractivity contribution in [2.75, 3.05) is 20.2 Å². The fraction of sp³-hybridized carbons (Fsp3) is 0.333. The molecule has 2 rings (SSSR count). The summed E-state index contributed by atoms with van der Waals surface area (Å²) in [6.45, 7) is 2.40. The van der Waals surface area contributed by atoms with Crippen LogP contribution in [0, 0.1) is 22.7 Å². The highest BCUT2D eigenvalue weighted by atomic mass is 16.5. The minimum Gasteiger partial charge on any atom is -0.497 e. The Hall–Kier alpha value is -2.30. The number of hydrogen-bond donors (Lipinski definition) is 0. The number of likely N-dealkylation sites (tertiary alicyclic amines) is 1. The molecule has 96 valence electrons. The van der Waals surface area contributed by atoms with Crippen LogP contribution in [-0.2, 0) is 6.54 Å². The molecular formula is C15H15N3O. The van der Waals surface area contributed by atoms with E-state index in [1.54, 1.807) is 7.11 Å². The van der Waals surface area contributed by atoms with E-state index in [-0.39, 0.29) is 5.57 Å². The van der Waals surface area contributed by atoms with Crippen LogP contribution in [-0.4, -0.2) is 25.1 Å². The lowest BCUT2D eigenvalue weighted by Gasteiger charge is -2.14. The van der Waals surface area contributed by atoms with E-state index in [0.29, 0.717) is 6.54 Å². The Balaban J connectivity index is 2.05. The smallest absolute Gasteiger partial charge is 0.130 e. The van der Waals surface area contributed by atoms with Crippen LogP contribution in [0.2, 0.25) is 0 Å². The average molecular weight is 253 g/mol. The van der Waals surface area contributed by atoms with Gasteiger partial charge in [0, 0.05) is 19.6 Å². The SMILES string of the molecule is COc1cccc(CN2CCC(=C(C#N)C#N)C2)c1. The maximum Gasteiger partial charge on any atom is 0.130 e. The molecule has 1 aromatic carbocycles. The van der Waals surface area contributed by atoms with E-state index in [9.17, 15) is 0 Å². The van der Waals surface area contributed by atoms with Gasteiger partial charge in [-0.3, -0.25) is 4.90 Å². The minimum atomic E-state index is 0.271. The van der Waals surface area contributed by atoms with Crippen molar-refractivity contribution in [3.8, 4) is 17.9 Å². The first-order chi connectivity index (χ1) is 9.26. The molecule has 0 atom stereocenters. The van der Waals surface area contributed by atoms with Gasteiger partial charge in [0.15, 0.2) is 0 Å². The second kappa shape index (κ2) is 6.04. The molecule has 19 heavy (non-hydrogen) atoms.